The molecule has 0 bridgehead atoms. The Labute approximate surface area is 118 Å². The van der Waals surface area contributed by atoms with Gasteiger partial charge in [0.2, 0.25) is 0 Å². The van der Waals surface area contributed by atoms with Crippen molar-refractivity contribution in [1.82, 2.24) is 0 Å². The lowest BCUT2D eigenvalue weighted by molar-refractivity contribution is 0.0995. The van der Waals surface area contributed by atoms with E-state index in [1.807, 2.05) is 0 Å². The molecule has 3 N–H and O–H groups in total. The maximum absolute atomic E-state index is 11.8. The Hall–Kier alpha value is -1.79. The highest BCUT2D eigenvalue weighted by Crippen LogP contribution is 2.18. The fraction of sp³-hybridized carbons (Fsp3) is 0.154. The molecule has 1 heterocycles. The molecule has 0 atom stereocenters. The van der Waals surface area contributed by atoms with E-state index in [1.165, 1.54) is 0 Å². The summed E-state index contributed by atoms with van der Waals surface area (Å²) in [6.07, 6.45) is 0. The van der Waals surface area contributed by atoms with Crippen molar-refractivity contribution in [2.75, 3.05) is 18.5 Å². The summed E-state index contributed by atoms with van der Waals surface area (Å²) in [6, 6.07) is 10.3. The summed E-state index contributed by atoms with van der Waals surface area (Å²) in [6.45, 7) is 0.929. The number of benzene rings is 1. The van der Waals surface area contributed by atoms with Crippen LogP contribution in [-0.4, -0.2) is 19.1 Å². The van der Waals surface area contributed by atoms with E-state index in [0.717, 1.165) is 0 Å². The van der Waals surface area contributed by atoms with E-state index in [4.69, 9.17) is 14.9 Å². The predicted molar refractivity (Wildman–Crippen MR) is 75.4 cm³/mol. The zero-order chi connectivity index (χ0) is 13.7. The molecule has 19 heavy (non-hydrogen) atoms. The Morgan fingerprint density at radius 3 is 2.58 bits per heavy atom. The number of furan rings is 1. The minimum atomic E-state index is -0.304. The van der Waals surface area contributed by atoms with Crippen molar-refractivity contribution in [2.24, 2.45) is 5.73 Å². The summed E-state index contributed by atoms with van der Waals surface area (Å²) in [7, 11) is 0. The van der Waals surface area contributed by atoms with Crippen LogP contribution in [0.3, 0.4) is 0 Å². The minimum absolute atomic E-state index is 0.246. The van der Waals surface area contributed by atoms with Crippen LogP contribution in [0.5, 0.6) is 5.75 Å². The molecule has 0 aliphatic heterocycles. The van der Waals surface area contributed by atoms with Gasteiger partial charge in [0.15, 0.2) is 10.4 Å². The normalized spacial score (nSPS) is 10.2. The van der Waals surface area contributed by atoms with Gasteiger partial charge >= 0.3 is 0 Å². The first kappa shape index (κ1) is 13.6. The van der Waals surface area contributed by atoms with E-state index in [-0.39, 0.29) is 11.7 Å². The summed E-state index contributed by atoms with van der Waals surface area (Å²) in [5.41, 5.74) is 6.01. The number of nitrogens with one attached hydrogen (secondary N) is 1. The molecule has 0 spiro atoms. The van der Waals surface area contributed by atoms with Gasteiger partial charge in [0, 0.05) is 12.2 Å². The molecule has 1 aromatic heterocycles. The topological polar surface area (TPSA) is 77.5 Å². The molecule has 0 radical (unpaired) electrons. The Morgan fingerprint density at radius 1 is 1.26 bits per heavy atom. The van der Waals surface area contributed by atoms with E-state index in [9.17, 15) is 4.79 Å². The fourth-order valence-corrected chi connectivity index (χ4v) is 1.75. The van der Waals surface area contributed by atoms with Gasteiger partial charge in [-0.2, -0.15) is 0 Å². The molecule has 0 aliphatic rings. The maximum Gasteiger partial charge on any atom is 0.291 e. The van der Waals surface area contributed by atoms with E-state index in [0.29, 0.717) is 29.3 Å². The number of carbonyl (C=O) groups excluding carboxylic acids is 1. The number of hydrogen-bond acceptors (Lipinski definition) is 4. The standard InChI is InChI=1S/C13H13BrN2O3/c14-12-6-5-11(19-12)13(17)16-9-1-3-10(4-2-9)18-8-7-15/h1-6H,7-8,15H2,(H,16,17). The van der Waals surface area contributed by atoms with Gasteiger partial charge < -0.3 is 20.2 Å². The number of anilines is 1. The van der Waals surface area contributed by atoms with Crippen LogP contribution in [-0.2, 0) is 0 Å². The van der Waals surface area contributed by atoms with Gasteiger partial charge in [0.25, 0.3) is 5.91 Å². The number of ether oxygens (including phenoxy) is 1. The third-order valence-electron chi connectivity index (χ3n) is 2.30. The highest BCUT2D eigenvalue weighted by molar-refractivity contribution is 9.10. The van der Waals surface area contributed by atoms with Crippen molar-refractivity contribution < 1.29 is 13.9 Å². The number of rotatable bonds is 5. The van der Waals surface area contributed by atoms with Gasteiger partial charge in [-0.05, 0) is 52.3 Å². The lowest BCUT2D eigenvalue weighted by Crippen LogP contribution is -2.11. The van der Waals surface area contributed by atoms with Gasteiger partial charge in [-0.15, -0.1) is 0 Å². The van der Waals surface area contributed by atoms with Crippen molar-refractivity contribution in [3.63, 3.8) is 0 Å². The zero-order valence-corrected chi connectivity index (χ0v) is 11.6. The lowest BCUT2D eigenvalue weighted by atomic mass is 10.3. The summed E-state index contributed by atoms with van der Waals surface area (Å²) in [5, 5.41) is 2.72. The first-order valence-electron chi connectivity index (χ1n) is 5.68. The Bertz CT molecular complexity index is 551. The SMILES string of the molecule is NCCOc1ccc(NC(=O)c2ccc(Br)o2)cc1. The second-order valence-corrected chi connectivity index (χ2v) is 4.50. The molecule has 0 unspecified atom stereocenters. The van der Waals surface area contributed by atoms with E-state index in [2.05, 4.69) is 21.2 Å². The lowest BCUT2D eigenvalue weighted by Gasteiger charge is -2.06. The van der Waals surface area contributed by atoms with Crippen LogP contribution in [0.15, 0.2) is 45.5 Å². The van der Waals surface area contributed by atoms with Gasteiger partial charge in [0.05, 0.1) is 0 Å². The molecular formula is C13H13BrN2O3. The average Bonchev–Trinajstić information content (AvgIpc) is 2.85. The number of halogens is 1. The second-order valence-electron chi connectivity index (χ2n) is 3.72. The van der Waals surface area contributed by atoms with Crippen molar-refractivity contribution in [2.45, 2.75) is 0 Å². The number of hydrogen-bond donors (Lipinski definition) is 2. The van der Waals surface area contributed by atoms with Crippen molar-refractivity contribution in [1.29, 1.82) is 0 Å². The summed E-state index contributed by atoms with van der Waals surface area (Å²) < 4.78 is 11.0. The van der Waals surface area contributed by atoms with Crippen LogP contribution in [0.4, 0.5) is 5.69 Å². The summed E-state index contributed by atoms with van der Waals surface area (Å²) in [5.74, 6) is 0.654. The molecule has 0 saturated heterocycles. The quantitative estimate of drug-likeness (QED) is 0.886. The van der Waals surface area contributed by atoms with Crippen LogP contribution in [0.2, 0.25) is 0 Å². The molecule has 6 heteroatoms. The highest BCUT2D eigenvalue weighted by Gasteiger charge is 2.10. The van der Waals surface area contributed by atoms with Crippen LogP contribution in [0, 0.1) is 0 Å². The average molecular weight is 325 g/mol. The molecule has 1 amide bonds. The van der Waals surface area contributed by atoms with Crippen LogP contribution in [0.1, 0.15) is 10.6 Å². The molecule has 2 aromatic rings. The van der Waals surface area contributed by atoms with Crippen molar-refractivity contribution in [3.8, 4) is 5.75 Å². The predicted octanol–water partition coefficient (Wildman–Crippen LogP) is 2.63. The minimum Gasteiger partial charge on any atom is -0.492 e. The smallest absolute Gasteiger partial charge is 0.291 e. The van der Waals surface area contributed by atoms with Crippen LogP contribution < -0.4 is 15.8 Å². The van der Waals surface area contributed by atoms with Gasteiger partial charge in [-0.3, -0.25) is 4.79 Å². The molecular weight excluding hydrogens is 312 g/mol. The molecule has 0 saturated carbocycles. The molecule has 1 aromatic carbocycles. The first-order chi connectivity index (χ1) is 9.19. The molecule has 2 rings (SSSR count). The van der Waals surface area contributed by atoms with E-state index < -0.39 is 0 Å². The van der Waals surface area contributed by atoms with Gasteiger partial charge in [0.1, 0.15) is 12.4 Å². The molecule has 0 aliphatic carbocycles. The van der Waals surface area contributed by atoms with Crippen LogP contribution >= 0.6 is 15.9 Å². The largest absolute Gasteiger partial charge is 0.492 e. The first-order valence-corrected chi connectivity index (χ1v) is 6.48. The van der Waals surface area contributed by atoms with Crippen LogP contribution in [0.25, 0.3) is 0 Å². The van der Waals surface area contributed by atoms with E-state index >= 15 is 0 Å². The molecule has 5 nitrogen and oxygen atoms in total. The van der Waals surface area contributed by atoms with Gasteiger partial charge in [-0.1, -0.05) is 0 Å². The zero-order valence-electron chi connectivity index (χ0n) is 10.1. The third kappa shape index (κ3) is 3.84. The molecule has 100 valence electrons. The Morgan fingerprint density at radius 2 is 2.00 bits per heavy atom. The van der Waals surface area contributed by atoms with Crippen molar-refractivity contribution in [3.05, 3.63) is 46.8 Å². The highest BCUT2D eigenvalue weighted by atomic mass is 79.9. The third-order valence-corrected chi connectivity index (χ3v) is 2.72. The Balaban J connectivity index is 1.97. The number of amides is 1. The second kappa shape index (κ2) is 6.40. The summed E-state index contributed by atoms with van der Waals surface area (Å²) >= 11 is 3.15. The van der Waals surface area contributed by atoms with Crippen molar-refractivity contribution >= 4 is 27.5 Å². The van der Waals surface area contributed by atoms with Gasteiger partial charge in [-0.25, -0.2) is 0 Å². The fourth-order valence-electron chi connectivity index (χ4n) is 1.44. The number of nitrogens with two attached hydrogens (primary N) is 1. The Kier molecular flexibility index (Phi) is 4.59. The molecule has 0 fully saturated rings. The monoisotopic (exact) mass is 324 g/mol. The maximum atomic E-state index is 11.8. The summed E-state index contributed by atoms with van der Waals surface area (Å²) in [4.78, 5) is 11.8. The number of carbonyl (C=O) groups is 1. The van der Waals surface area contributed by atoms with E-state index in [1.54, 1.807) is 36.4 Å².